The fourth-order valence-electron chi connectivity index (χ4n) is 1.23. The van der Waals surface area contributed by atoms with E-state index in [0.29, 0.717) is 0 Å². The highest BCUT2D eigenvalue weighted by atomic mass is 19.1. The highest BCUT2D eigenvalue weighted by Gasteiger charge is 2.17. The van der Waals surface area contributed by atoms with Crippen LogP contribution in [0.25, 0.3) is 11.5 Å². The van der Waals surface area contributed by atoms with Gasteiger partial charge in [0.05, 0.1) is 11.0 Å². The van der Waals surface area contributed by atoms with Crippen LogP contribution in [0.1, 0.15) is 10.7 Å². The number of carboxylic acid groups (broad SMARTS) is 1. The summed E-state index contributed by atoms with van der Waals surface area (Å²) in [6.45, 7) is 0. The lowest BCUT2D eigenvalue weighted by molar-refractivity contribution is -0.385. The number of benzene rings is 1. The van der Waals surface area contributed by atoms with Crippen molar-refractivity contribution >= 4 is 11.7 Å². The fraction of sp³-hybridized carbons (Fsp3) is 0. The van der Waals surface area contributed by atoms with Crippen LogP contribution in [0, 0.1) is 15.9 Å². The number of carbonyl (C=O) groups is 1. The van der Waals surface area contributed by atoms with Gasteiger partial charge in [-0.2, -0.15) is 0 Å². The summed E-state index contributed by atoms with van der Waals surface area (Å²) in [6.07, 6.45) is 0. The Balaban J connectivity index is 2.49. The Hall–Kier alpha value is -2.84. The molecule has 1 N–H and O–H groups in total. The van der Waals surface area contributed by atoms with E-state index in [0.717, 1.165) is 18.2 Å². The van der Waals surface area contributed by atoms with E-state index in [1.165, 1.54) is 0 Å². The van der Waals surface area contributed by atoms with E-state index < -0.39 is 28.3 Å². The quantitative estimate of drug-likeness (QED) is 0.649. The van der Waals surface area contributed by atoms with Crippen LogP contribution < -0.4 is 0 Å². The summed E-state index contributed by atoms with van der Waals surface area (Å²) in [7, 11) is 0. The smallest absolute Gasteiger partial charge is 0.393 e. The van der Waals surface area contributed by atoms with Gasteiger partial charge in [-0.3, -0.25) is 10.1 Å². The summed E-state index contributed by atoms with van der Waals surface area (Å²) in [4.78, 5) is 20.2. The van der Waals surface area contributed by atoms with Gasteiger partial charge < -0.3 is 9.52 Å². The molecule has 0 amide bonds. The van der Waals surface area contributed by atoms with Gasteiger partial charge in [0.25, 0.3) is 5.69 Å². The number of aromatic nitrogens is 2. The molecule has 0 bridgehead atoms. The second-order valence-corrected chi connectivity index (χ2v) is 3.17. The summed E-state index contributed by atoms with van der Waals surface area (Å²) in [5.74, 6) is -3.30. The Morgan fingerprint density at radius 1 is 1.39 bits per heavy atom. The van der Waals surface area contributed by atoms with Gasteiger partial charge in [0, 0.05) is 11.6 Å². The van der Waals surface area contributed by atoms with Crippen LogP contribution in [-0.4, -0.2) is 26.2 Å². The molecule has 0 radical (unpaired) electrons. The largest absolute Gasteiger partial charge is 0.474 e. The second kappa shape index (κ2) is 4.20. The Kier molecular flexibility index (Phi) is 2.72. The van der Waals surface area contributed by atoms with Gasteiger partial charge >= 0.3 is 11.9 Å². The van der Waals surface area contributed by atoms with Crippen LogP contribution in [0.4, 0.5) is 10.1 Å². The van der Waals surface area contributed by atoms with Crippen molar-refractivity contribution in [1.29, 1.82) is 0 Å². The maximum Gasteiger partial charge on any atom is 0.393 e. The molecule has 0 aliphatic heterocycles. The number of nitrogens with zero attached hydrogens (tertiary/aromatic N) is 3. The second-order valence-electron chi connectivity index (χ2n) is 3.17. The summed E-state index contributed by atoms with van der Waals surface area (Å²) < 4.78 is 17.8. The maximum atomic E-state index is 13.1. The Labute approximate surface area is 97.8 Å². The van der Waals surface area contributed by atoms with Crippen molar-refractivity contribution in [2.75, 3.05) is 0 Å². The van der Waals surface area contributed by atoms with Crippen molar-refractivity contribution < 1.29 is 23.6 Å². The van der Waals surface area contributed by atoms with Crippen LogP contribution in [0.15, 0.2) is 22.6 Å². The Morgan fingerprint density at radius 3 is 2.67 bits per heavy atom. The summed E-state index contributed by atoms with van der Waals surface area (Å²) in [5, 5.41) is 25.6. The molecule has 0 aliphatic carbocycles. The van der Waals surface area contributed by atoms with Crippen molar-refractivity contribution in [3.63, 3.8) is 0 Å². The van der Waals surface area contributed by atoms with Gasteiger partial charge in [0.1, 0.15) is 5.82 Å². The number of halogens is 1. The third-order valence-corrected chi connectivity index (χ3v) is 1.95. The SMILES string of the molecule is O=C(O)c1nnc(-c2cc(F)cc([N+](=O)[O-])c2)o1. The molecule has 0 saturated heterocycles. The first-order valence-corrected chi connectivity index (χ1v) is 4.49. The number of hydrogen-bond donors (Lipinski definition) is 1. The highest BCUT2D eigenvalue weighted by Crippen LogP contribution is 2.24. The minimum Gasteiger partial charge on any atom is -0.474 e. The fourth-order valence-corrected chi connectivity index (χ4v) is 1.23. The number of carboxylic acids is 1. The van der Waals surface area contributed by atoms with Gasteiger partial charge in [-0.25, -0.2) is 9.18 Å². The first kappa shape index (κ1) is 11.6. The lowest BCUT2D eigenvalue weighted by atomic mass is 10.2. The molecular weight excluding hydrogens is 249 g/mol. The van der Waals surface area contributed by atoms with Crippen molar-refractivity contribution in [3.8, 4) is 11.5 Å². The van der Waals surface area contributed by atoms with Crippen LogP contribution in [0.2, 0.25) is 0 Å². The van der Waals surface area contributed by atoms with Crippen molar-refractivity contribution in [2.45, 2.75) is 0 Å². The van der Waals surface area contributed by atoms with Crippen molar-refractivity contribution in [2.24, 2.45) is 0 Å². The Bertz CT molecular complexity index is 639. The molecule has 0 aliphatic rings. The van der Waals surface area contributed by atoms with E-state index in [-0.39, 0.29) is 11.5 Å². The molecule has 0 saturated carbocycles. The summed E-state index contributed by atoms with van der Waals surface area (Å²) >= 11 is 0. The predicted octanol–water partition coefficient (Wildman–Crippen LogP) is 1.48. The molecule has 2 rings (SSSR count). The topological polar surface area (TPSA) is 119 Å². The van der Waals surface area contributed by atoms with E-state index in [9.17, 15) is 19.3 Å². The number of nitro groups is 1. The Morgan fingerprint density at radius 2 is 2.11 bits per heavy atom. The molecule has 18 heavy (non-hydrogen) atoms. The maximum absolute atomic E-state index is 13.1. The number of hydrogen-bond acceptors (Lipinski definition) is 6. The van der Waals surface area contributed by atoms with Gasteiger partial charge in [-0.1, -0.05) is 0 Å². The van der Waals surface area contributed by atoms with E-state index in [1.807, 2.05) is 0 Å². The van der Waals surface area contributed by atoms with Crippen LogP contribution in [0.5, 0.6) is 0 Å². The van der Waals surface area contributed by atoms with Gasteiger partial charge in [0.2, 0.25) is 5.89 Å². The molecule has 0 unspecified atom stereocenters. The third kappa shape index (κ3) is 2.14. The van der Waals surface area contributed by atoms with Crippen LogP contribution in [-0.2, 0) is 0 Å². The lowest BCUT2D eigenvalue weighted by Gasteiger charge is -1.96. The average Bonchev–Trinajstić information content (AvgIpc) is 2.77. The lowest BCUT2D eigenvalue weighted by Crippen LogP contribution is -1.95. The van der Waals surface area contributed by atoms with Crippen LogP contribution >= 0.6 is 0 Å². The van der Waals surface area contributed by atoms with E-state index in [4.69, 9.17) is 9.52 Å². The predicted molar refractivity (Wildman–Crippen MR) is 53.3 cm³/mol. The minimum absolute atomic E-state index is 0.0679. The summed E-state index contributed by atoms with van der Waals surface area (Å²) in [5.41, 5.74) is -0.568. The molecule has 1 aromatic heterocycles. The zero-order valence-corrected chi connectivity index (χ0v) is 8.53. The van der Waals surface area contributed by atoms with Crippen LogP contribution in [0.3, 0.4) is 0 Å². The normalized spacial score (nSPS) is 10.3. The number of rotatable bonds is 3. The molecule has 92 valence electrons. The van der Waals surface area contributed by atoms with Gasteiger partial charge in [-0.15, -0.1) is 10.2 Å². The van der Waals surface area contributed by atoms with Crippen molar-refractivity contribution in [3.05, 3.63) is 40.0 Å². The molecule has 1 aromatic carbocycles. The molecule has 9 heteroatoms. The zero-order chi connectivity index (χ0) is 13.3. The van der Waals surface area contributed by atoms with E-state index >= 15 is 0 Å². The first-order chi connectivity index (χ1) is 8.47. The molecule has 0 spiro atoms. The number of nitro benzene ring substituents is 1. The molecule has 1 heterocycles. The van der Waals surface area contributed by atoms with E-state index in [1.54, 1.807) is 0 Å². The van der Waals surface area contributed by atoms with Gasteiger partial charge in [0.15, 0.2) is 0 Å². The highest BCUT2D eigenvalue weighted by molar-refractivity contribution is 5.82. The molecule has 2 aromatic rings. The monoisotopic (exact) mass is 253 g/mol. The van der Waals surface area contributed by atoms with Gasteiger partial charge in [-0.05, 0) is 6.07 Å². The summed E-state index contributed by atoms with van der Waals surface area (Å²) in [6, 6.07) is 2.65. The minimum atomic E-state index is -1.44. The third-order valence-electron chi connectivity index (χ3n) is 1.95. The molecule has 0 fully saturated rings. The molecule has 0 atom stereocenters. The zero-order valence-electron chi connectivity index (χ0n) is 8.53. The molecular formula is C9H4FN3O5. The molecule has 8 nitrogen and oxygen atoms in total. The van der Waals surface area contributed by atoms with Crippen molar-refractivity contribution in [1.82, 2.24) is 10.2 Å². The van der Waals surface area contributed by atoms with E-state index in [2.05, 4.69) is 10.2 Å². The number of aromatic carboxylic acids is 1. The number of non-ortho nitro benzene ring substituents is 1. The first-order valence-electron chi connectivity index (χ1n) is 4.49. The average molecular weight is 253 g/mol. The standard InChI is InChI=1S/C9H4FN3O5/c10-5-1-4(2-6(3-5)13(16)17)7-11-12-8(18-7)9(14)15/h1-3H,(H,14,15).